The van der Waals surface area contributed by atoms with Crippen LogP contribution in [0.1, 0.15) is 0 Å². The molecule has 2 rings (SSSR count). The number of nitrogens with zero attached hydrogens (tertiary/aromatic N) is 3. The van der Waals surface area contributed by atoms with Crippen LogP contribution in [0.4, 0.5) is 5.82 Å². The standard InChI is InChI=1S/C10H12N6/c11-9(12)6-16-10(13)5-8(15-16)7-3-1-2-4-14-7/h1-5H,6,13H2,(H3,11,12). The normalized spacial score (nSPS) is 10.2. The molecule has 5 N–H and O–H groups in total. The highest BCUT2D eigenvalue weighted by Gasteiger charge is 2.08. The molecule has 0 fully saturated rings. The van der Waals surface area contributed by atoms with Gasteiger partial charge in [-0.05, 0) is 12.1 Å². The molecule has 0 unspecified atom stereocenters. The van der Waals surface area contributed by atoms with E-state index in [0.29, 0.717) is 11.5 Å². The number of hydrogen-bond donors (Lipinski definition) is 3. The minimum Gasteiger partial charge on any atom is -0.386 e. The lowest BCUT2D eigenvalue weighted by molar-refractivity contribution is 0.731. The minimum atomic E-state index is 0.0161. The van der Waals surface area contributed by atoms with Gasteiger partial charge in [-0.15, -0.1) is 0 Å². The first-order valence-corrected chi connectivity index (χ1v) is 4.74. The van der Waals surface area contributed by atoms with Crippen molar-refractivity contribution in [3.8, 4) is 11.4 Å². The Kier molecular flexibility index (Phi) is 2.55. The zero-order valence-corrected chi connectivity index (χ0v) is 8.59. The first-order valence-electron chi connectivity index (χ1n) is 4.74. The second kappa shape index (κ2) is 4.01. The molecule has 0 atom stereocenters. The summed E-state index contributed by atoms with van der Waals surface area (Å²) < 4.78 is 1.48. The van der Waals surface area contributed by atoms with E-state index in [4.69, 9.17) is 16.9 Å². The number of rotatable bonds is 3. The molecule has 0 spiro atoms. The van der Waals surface area contributed by atoms with Crippen LogP contribution in [0.25, 0.3) is 11.4 Å². The smallest absolute Gasteiger partial charge is 0.122 e. The molecule has 0 saturated carbocycles. The van der Waals surface area contributed by atoms with E-state index in [1.54, 1.807) is 12.3 Å². The lowest BCUT2D eigenvalue weighted by atomic mass is 10.3. The van der Waals surface area contributed by atoms with E-state index < -0.39 is 0 Å². The van der Waals surface area contributed by atoms with Gasteiger partial charge in [0, 0.05) is 12.3 Å². The molecule has 2 aromatic heterocycles. The van der Waals surface area contributed by atoms with Gasteiger partial charge >= 0.3 is 0 Å². The summed E-state index contributed by atoms with van der Waals surface area (Å²) in [5, 5.41) is 11.4. The molecule has 6 nitrogen and oxygen atoms in total. The molecule has 0 aliphatic carbocycles. The molecule has 0 aliphatic rings. The van der Waals surface area contributed by atoms with E-state index in [1.807, 2.05) is 18.2 Å². The van der Waals surface area contributed by atoms with Crippen LogP contribution in [0.5, 0.6) is 0 Å². The Hall–Kier alpha value is -2.37. The molecule has 2 heterocycles. The fourth-order valence-corrected chi connectivity index (χ4v) is 1.36. The van der Waals surface area contributed by atoms with E-state index in [-0.39, 0.29) is 12.4 Å². The Bertz CT molecular complexity index is 501. The van der Waals surface area contributed by atoms with E-state index >= 15 is 0 Å². The van der Waals surface area contributed by atoms with Gasteiger partial charge in [0.15, 0.2) is 0 Å². The third-order valence-corrected chi connectivity index (χ3v) is 2.06. The van der Waals surface area contributed by atoms with Gasteiger partial charge in [-0.25, -0.2) is 4.68 Å². The number of amidine groups is 1. The summed E-state index contributed by atoms with van der Waals surface area (Å²) in [6.07, 6.45) is 1.69. The van der Waals surface area contributed by atoms with Gasteiger partial charge in [-0.2, -0.15) is 5.10 Å². The molecule has 0 aromatic carbocycles. The zero-order chi connectivity index (χ0) is 11.5. The largest absolute Gasteiger partial charge is 0.386 e. The van der Waals surface area contributed by atoms with Crippen LogP contribution < -0.4 is 11.5 Å². The van der Waals surface area contributed by atoms with Crippen molar-refractivity contribution in [2.75, 3.05) is 5.73 Å². The van der Waals surface area contributed by atoms with Crippen LogP contribution in [0.2, 0.25) is 0 Å². The first-order chi connectivity index (χ1) is 7.66. The molecular formula is C10H12N6. The van der Waals surface area contributed by atoms with Crippen molar-refractivity contribution in [1.29, 1.82) is 5.41 Å². The monoisotopic (exact) mass is 216 g/mol. The van der Waals surface area contributed by atoms with Crippen LogP contribution in [0, 0.1) is 5.41 Å². The van der Waals surface area contributed by atoms with Crippen molar-refractivity contribution in [3.05, 3.63) is 30.5 Å². The number of aromatic nitrogens is 3. The topological polar surface area (TPSA) is 107 Å². The van der Waals surface area contributed by atoms with Crippen molar-refractivity contribution in [1.82, 2.24) is 14.8 Å². The Morgan fingerprint density at radius 1 is 1.38 bits per heavy atom. The SMILES string of the molecule is N=C(N)Cn1nc(-c2ccccn2)cc1N. The van der Waals surface area contributed by atoms with E-state index in [9.17, 15) is 0 Å². The Balaban J connectivity index is 2.34. The molecule has 0 radical (unpaired) electrons. The number of hydrogen-bond acceptors (Lipinski definition) is 4. The van der Waals surface area contributed by atoms with E-state index in [0.717, 1.165) is 5.69 Å². The van der Waals surface area contributed by atoms with Gasteiger partial charge in [-0.3, -0.25) is 10.4 Å². The Morgan fingerprint density at radius 2 is 2.19 bits per heavy atom. The van der Waals surface area contributed by atoms with E-state index in [2.05, 4.69) is 10.1 Å². The van der Waals surface area contributed by atoms with Crippen molar-refractivity contribution in [2.24, 2.45) is 5.73 Å². The van der Waals surface area contributed by atoms with Gasteiger partial charge in [0.1, 0.15) is 17.3 Å². The molecule has 2 aromatic rings. The Labute approximate surface area is 92.4 Å². The second-order valence-corrected chi connectivity index (χ2v) is 3.35. The quantitative estimate of drug-likeness (QED) is 0.511. The number of nitrogen functional groups attached to an aromatic ring is 1. The molecule has 0 saturated heterocycles. The van der Waals surface area contributed by atoms with Crippen molar-refractivity contribution >= 4 is 11.7 Å². The van der Waals surface area contributed by atoms with Crippen molar-refractivity contribution < 1.29 is 0 Å². The maximum Gasteiger partial charge on any atom is 0.122 e. The summed E-state index contributed by atoms with van der Waals surface area (Å²) >= 11 is 0. The van der Waals surface area contributed by atoms with Crippen LogP contribution in [0.15, 0.2) is 30.5 Å². The van der Waals surface area contributed by atoms with Crippen molar-refractivity contribution in [3.63, 3.8) is 0 Å². The zero-order valence-electron chi connectivity index (χ0n) is 8.59. The van der Waals surface area contributed by atoms with Crippen LogP contribution in [-0.2, 0) is 6.54 Å². The summed E-state index contributed by atoms with van der Waals surface area (Å²) in [6, 6.07) is 7.27. The third-order valence-electron chi connectivity index (χ3n) is 2.06. The predicted octanol–water partition coefficient (Wildman–Crippen LogP) is 0.463. The van der Waals surface area contributed by atoms with Gasteiger partial charge in [0.25, 0.3) is 0 Å². The average molecular weight is 216 g/mol. The number of nitrogens with two attached hydrogens (primary N) is 2. The van der Waals surface area contributed by atoms with Gasteiger partial charge in [0.2, 0.25) is 0 Å². The lowest BCUT2D eigenvalue weighted by Crippen LogP contribution is -2.19. The predicted molar refractivity (Wildman–Crippen MR) is 61.8 cm³/mol. The van der Waals surface area contributed by atoms with Crippen LogP contribution in [-0.4, -0.2) is 20.6 Å². The fourth-order valence-electron chi connectivity index (χ4n) is 1.36. The molecule has 82 valence electrons. The fraction of sp³-hybridized carbons (Fsp3) is 0.100. The summed E-state index contributed by atoms with van der Waals surface area (Å²) in [5.41, 5.74) is 12.5. The number of anilines is 1. The minimum absolute atomic E-state index is 0.0161. The summed E-state index contributed by atoms with van der Waals surface area (Å²) in [5.74, 6) is 0.484. The molecule has 6 heteroatoms. The second-order valence-electron chi connectivity index (χ2n) is 3.35. The maximum absolute atomic E-state index is 7.19. The highest BCUT2D eigenvalue weighted by Crippen LogP contribution is 2.17. The maximum atomic E-state index is 7.19. The van der Waals surface area contributed by atoms with Gasteiger partial charge in [-0.1, -0.05) is 6.07 Å². The van der Waals surface area contributed by atoms with E-state index in [1.165, 1.54) is 4.68 Å². The molecule has 0 amide bonds. The lowest BCUT2D eigenvalue weighted by Gasteiger charge is -2.00. The molecule has 0 bridgehead atoms. The third kappa shape index (κ3) is 2.00. The van der Waals surface area contributed by atoms with Gasteiger partial charge in [0.05, 0.1) is 12.2 Å². The molecular weight excluding hydrogens is 204 g/mol. The van der Waals surface area contributed by atoms with Crippen molar-refractivity contribution in [2.45, 2.75) is 6.54 Å². The van der Waals surface area contributed by atoms with Crippen LogP contribution in [0.3, 0.4) is 0 Å². The summed E-state index contributed by atoms with van der Waals surface area (Å²) in [6.45, 7) is 0.193. The highest BCUT2D eigenvalue weighted by molar-refractivity contribution is 5.77. The molecule has 0 aliphatic heterocycles. The number of nitrogens with one attached hydrogen (secondary N) is 1. The number of pyridine rings is 1. The Morgan fingerprint density at radius 3 is 2.81 bits per heavy atom. The first kappa shape index (κ1) is 10.2. The highest BCUT2D eigenvalue weighted by atomic mass is 15.3. The molecule has 16 heavy (non-hydrogen) atoms. The summed E-state index contributed by atoms with van der Waals surface area (Å²) in [4.78, 5) is 4.17. The van der Waals surface area contributed by atoms with Gasteiger partial charge < -0.3 is 11.5 Å². The average Bonchev–Trinajstić information content (AvgIpc) is 2.61. The summed E-state index contributed by atoms with van der Waals surface area (Å²) in [7, 11) is 0. The van der Waals surface area contributed by atoms with Crippen LogP contribution >= 0.6 is 0 Å².